The molecular weight excluding hydrogens is 236 g/mol. The van der Waals surface area contributed by atoms with E-state index >= 15 is 0 Å². The van der Waals surface area contributed by atoms with Crippen LogP contribution in [0.25, 0.3) is 0 Å². The molecule has 2 aliphatic carbocycles. The number of hydrogen-bond donors (Lipinski definition) is 1. The van der Waals surface area contributed by atoms with E-state index < -0.39 is 0 Å². The zero-order valence-corrected chi connectivity index (χ0v) is 12.0. The molecular formula is C15H26N4. The van der Waals surface area contributed by atoms with E-state index in [9.17, 15) is 0 Å². The highest BCUT2D eigenvalue weighted by Crippen LogP contribution is 2.36. The smallest absolute Gasteiger partial charge is 0.0951 e. The van der Waals surface area contributed by atoms with Crippen LogP contribution in [0.4, 0.5) is 0 Å². The fraction of sp³-hybridized carbons (Fsp3) is 0.800. The fourth-order valence-electron chi connectivity index (χ4n) is 3.55. The van der Waals surface area contributed by atoms with Crippen LogP contribution >= 0.6 is 0 Å². The van der Waals surface area contributed by atoms with Gasteiger partial charge in [0.2, 0.25) is 0 Å². The number of aromatic nitrogens is 2. The largest absolute Gasteiger partial charge is 0.330 e. The van der Waals surface area contributed by atoms with Crippen molar-refractivity contribution in [3.63, 3.8) is 0 Å². The van der Waals surface area contributed by atoms with Crippen molar-refractivity contribution in [2.24, 2.45) is 11.7 Å². The number of hydrogen-bond acceptors (Lipinski definition) is 3. The fourth-order valence-corrected chi connectivity index (χ4v) is 3.55. The van der Waals surface area contributed by atoms with Gasteiger partial charge >= 0.3 is 0 Å². The molecule has 4 heteroatoms. The average molecular weight is 262 g/mol. The third-order valence-electron chi connectivity index (χ3n) is 4.84. The molecule has 1 heterocycles. The van der Waals surface area contributed by atoms with Gasteiger partial charge in [-0.3, -0.25) is 4.90 Å². The van der Waals surface area contributed by atoms with Crippen molar-refractivity contribution < 1.29 is 0 Å². The highest BCUT2D eigenvalue weighted by Gasteiger charge is 2.29. The summed E-state index contributed by atoms with van der Waals surface area (Å²) in [6, 6.07) is 1.38. The molecule has 1 aromatic rings. The van der Waals surface area contributed by atoms with Crippen LogP contribution in [0.5, 0.6) is 0 Å². The number of imidazole rings is 1. The summed E-state index contributed by atoms with van der Waals surface area (Å²) in [4.78, 5) is 6.84. The van der Waals surface area contributed by atoms with Gasteiger partial charge in [-0.15, -0.1) is 0 Å². The third-order valence-corrected chi connectivity index (χ3v) is 4.84. The molecule has 0 amide bonds. The van der Waals surface area contributed by atoms with E-state index in [0.717, 1.165) is 19.1 Å². The first-order valence-electron chi connectivity index (χ1n) is 7.70. The predicted octanol–water partition coefficient (Wildman–Crippen LogP) is 2.17. The molecule has 0 spiro atoms. The quantitative estimate of drug-likeness (QED) is 0.884. The molecule has 1 aromatic heterocycles. The molecule has 0 saturated heterocycles. The Hall–Kier alpha value is -0.870. The predicted molar refractivity (Wildman–Crippen MR) is 76.8 cm³/mol. The van der Waals surface area contributed by atoms with Gasteiger partial charge in [-0.2, -0.15) is 0 Å². The van der Waals surface area contributed by atoms with Crippen molar-refractivity contribution >= 4 is 0 Å². The Kier molecular flexibility index (Phi) is 3.89. The number of nitrogens with two attached hydrogens (primary N) is 1. The molecule has 4 nitrogen and oxygen atoms in total. The van der Waals surface area contributed by atoms with Gasteiger partial charge in [0.1, 0.15) is 0 Å². The van der Waals surface area contributed by atoms with Crippen molar-refractivity contribution in [1.82, 2.24) is 14.5 Å². The van der Waals surface area contributed by atoms with Crippen LogP contribution in [-0.2, 0) is 6.54 Å². The van der Waals surface area contributed by atoms with E-state index in [2.05, 4.69) is 21.5 Å². The van der Waals surface area contributed by atoms with E-state index in [1.165, 1.54) is 44.2 Å². The maximum Gasteiger partial charge on any atom is 0.0951 e. The molecule has 0 radical (unpaired) electrons. The SMILES string of the molecule is CN(Cc1cncn1C1CC1)C1CCCCC1CN. The zero-order chi connectivity index (χ0) is 13.2. The minimum atomic E-state index is 0.654. The standard InChI is InChI=1S/C15H26N4/c1-18(15-5-3-2-4-12(15)8-16)10-14-9-17-11-19(14)13-6-7-13/h9,11-13,15H,2-8,10,16H2,1H3. The molecule has 2 fully saturated rings. The lowest BCUT2D eigenvalue weighted by molar-refractivity contribution is 0.125. The van der Waals surface area contributed by atoms with E-state index in [4.69, 9.17) is 5.73 Å². The van der Waals surface area contributed by atoms with Crippen LogP contribution in [0.15, 0.2) is 12.5 Å². The molecule has 0 aliphatic heterocycles. The van der Waals surface area contributed by atoms with Crippen molar-refractivity contribution in [3.8, 4) is 0 Å². The second-order valence-electron chi connectivity index (χ2n) is 6.29. The zero-order valence-electron chi connectivity index (χ0n) is 12.0. The minimum Gasteiger partial charge on any atom is -0.330 e. The Morgan fingerprint density at radius 3 is 2.84 bits per heavy atom. The summed E-state index contributed by atoms with van der Waals surface area (Å²) in [6.45, 7) is 1.84. The lowest BCUT2D eigenvalue weighted by Gasteiger charge is -2.37. The summed E-state index contributed by atoms with van der Waals surface area (Å²) >= 11 is 0. The number of rotatable bonds is 5. The van der Waals surface area contributed by atoms with Gasteiger partial charge in [-0.05, 0) is 45.2 Å². The molecule has 2 saturated carbocycles. The molecule has 2 atom stereocenters. The summed E-state index contributed by atoms with van der Waals surface area (Å²) in [7, 11) is 2.25. The maximum absolute atomic E-state index is 5.95. The molecule has 106 valence electrons. The third kappa shape index (κ3) is 2.84. The molecule has 3 rings (SSSR count). The minimum absolute atomic E-state index is 0.654. The van der Waals surface area contributed by atoms with Crippen LogP contribution in [0.1, 0.15) is 50.3 Å². The van der Waals surface area contributed by atoms with E-state index in [1.807, 2.05) is 12.5 Å². The summed E-state index contributed by atoms with van der Waals surface area (Å²) in [5, 5.41) is 0. The normalized spacial score (nSPS) is 27.9. The highest BCUT2D eigenvalue weighted by molar-refractivity contribution is 5.04. The number of nitrogens with zero attached hydrogens (tertiary/aromatic N) is 3. The summed E-state index contributed by atoms with van der Waals surface area (Å²) in [5.41, 5.74) is 7.32. The maximum atomic E-state index is 5.95. The first-order valence-corrected chi connectivity index (χ1v) is 7.70. The average Bonchev–Trinajstić information content (AvgIpc) is 3.19. The van der Waals surface area contributed by atoms with Gasteiger partial charge in [-0.1, -0.05) is 12.8 Å². The van der Waals surface area contributed by atoms with Gasteiger partial charge in [0, 0.05) is 24.8 Å². The molecule has 2 aliphatic rings. The topological polar surface area (TPSA) is 47.1 Å². The van der Waals surface area contributed by atoms with Crippen LogP contribution in [0, 0.1) is 5.92 Å². The summed E-state index contributed by atoms with van der Waals surface area (Å²) in [5.74, 6) is 0.677. The van der Waals surface area contributed by atoms with Crippen LogP contribution in [-0.4, -0.2) is 34.1 Å². The van der Waals surface area contributed by atoms with E-state index in [-0.39, 0.29) is 0 Å². The van der Waals surface area contributed by atoms with Gasteiger partial charge in [-0.25, -0.2) is 4.98 Å². The lowest BCUT2D eigenvalue weighted by Crippen LogP contribution is -2.42. The molecule has 0 bridgehead atoms. The lowest BCUT2D eigenvalue weighted by atomic mass is 9.83. The Balaban J connectivity index is 1.66. The van der Waals surface area contributed by atoms with Crippen molar-refractivity contribution in [3.05, 3.63) is 18.2 Å². The molecule has 19 heavy (non-hydrogen) atoms. The van der Waals surface area contributed by atoms with Crippen molar-refractivity contribution in [2.45, 2.75) is 57.2 Å². The van der Waals surface area contributed by atoms with Gasteiger partial charge < -0.3 is 10.3 Å². The highest BCUT2D eigenvalue weighted by atomic mass is 15.2. The van der Waals surface area contributed by atoms with Crippen LogP contribution in [0.3, 0.4) is 0 Å². The Bertz CT molecular complexity index is 410. The molecule has 0 aromatic carbocycles. The molecule has 2 N–H and O–H groups in total. The van der Waals surface area contributed by atoms with Gasteiger partial charge in [0.05, 0.1) is 12.0 Å². The van der Waals surface area contributed by atoms with Crippen LogP contribution < -0.4 is 5.73 Å². The summed E-state index contributed by atoms with van der Waals surface area (Å²) < 4.78 is 2.37. The van der Waals surface area contributed by atoms with Gasteiger partial charge in [0.25, 0.3) is 0 Å². The van der Waals surface area contributed by atoms with Crippen molar-refractivity contribution in [2.75, 3.05) is 13.6 Å². The Labute approximate surface area is 116 Å². The van der Waals surface area contributed by atoms with Gasteiger partial charge in [0.15, 0.2) is 0 Å². The van der Waals surface area contributed by atoms with E-state index in [1.54, 1.807) is 0 Å². The van der Waals surface area contributed by atoms with Crippen LogP contribution in [0.2, 0.25) is 0 Å². The summed E-state index contributed by atoms with van der Waals surface area (Å²) in [6.07, 6.45) is 12.0. The Morgan fingerprint density at radius 1 is 1.32 bits per heavy atom. The molecule has 2 unspecified atom stereocenters. The second kappa shape index (κ2) is 5.63. The monoisotopic (exact) mass is 262 g/mol. The first kappa shape index (κ1) is 13.1. The second-order valence-corrected chi connectivity index (χ2v) is 6.29. The first-order chi connectivity index (χ1) is 9.29. The van der Waals surface area contributed by atoms with E-state index in [0.29, 0.717) is 12.0 Å². The van der Waals surface area contributed by atoms with Crippen molar-refractivity contribution in [1.29, 1.82) is 0 Å². The Morgan fingerprint density at radius 2 is 2.11 bits per heavy atom.